The third-order valence-corrected chi connectivity index (χ3v) is 3.97. The molecule has 0 saturated carbocycles. The van der Waals surface area contributed by atoms with Gasteiger partial charge in [-0.2, -0.15) is 0 Å². The van der Waals surface area contributed by atoms with E-state index in [1.54, 1.807) is 11.3 Å². The minimum Gasteiger partial charge on any atom is -0.481 e. The molecule has 0 saturated heterocycles. The van der Waals surface area contributed by atoms with Crippen LogP contribution in [0.1, 0.15) is 22.9 Å². The fourth-order valence-corrected chi connectivity index (χ4v) is 2.71. The molecular formula is C14H14ClNO2S. The molecule has 1 aromatic heterocycles. The Morgan fingerprint density at radius 2 is 2.05 bits per heavy atom. The standard InChI is InChI=1S/C14H14ClNO2S/c15-11-5-3-10(4-6-11)9-16-12(8-14(17)18)13-2-1-7-19-13/h1-7,12,16H,8-9H2,(H,17,18). The van der Waals surface area contributed by atoms with Gasteiger partial charge in [-0.25, -0.2) is 0 Å². The first-order valence-electron chi connectivity index (χ1n) is 5.88. The number of carboxylic acid groups (broad SMARTS) is 1. The maximum atomic E-state index is 10.9. The number of aliphatic carboxylic acids is 1. The van der Waals surface area contributed by atoms with Crippen LogP contribution in [0, 0.1) is 0 Å². The second-order valence-electron chi connectivity index (χ2n) is 4.17. The van der Waals surface area contributed by atoms with Crippen LogP contribution in [0.25, 0.3) is 0 Å². The van der Waals surface area contributed by atoms with Gasteiger partial charge in [0, 0.05) is 16.4 Å². The zero-order chi connectivity index (χ0) is 13.7. The summed E-state index contributed by atoms with van der Waals surface area (Å²) in [4.78, 5) is 11.9. The Kier molecular flexibility index (Phi) is 4.96. The van der Waals surface area contributed by atoms with E-state index in [-0.39, 0.29) is 12.5 Å². The van der Waals surface area contributed by atoms with Crippen LogP contribution in [-0.2, 0) is 11.3 Å². The lowest BCUT2D eigenvalue weighted by Gasteiger charge is -2.15. The van der Waals surface area contributed by atoms with Crippen LogP contribution in [0.5, 0.6) is 0 Å². The molecule has 1 aromatic carbocycles. The van der Waals surface area contributed by atoms with Crippen LogP contribution < -0.4 is 5.32 Å². The minimum atomic E-state index is -0.804. The molecule has 0 fully saturated rings. The van der Waals surface area contributed by atoms with Gasteiger partial charge in [-0.1, -0.05) is 29.8 Å². The first kappa shape index (κ1) is 14.1. The fraction of sp³-hybridized carbons (Fsp3) is 0.214. The maximum Gasteiger partial charge on any atom is 0.305 e. The van der Waals surface area contributed by atoms with E-state index in [0.29, 0.717) is 11.6 Å². The summed E-state index contributed by atoms with van der Waals surface area (Å²) < 4.78 is 0. The highest BCUT2D eigenvalue weighted by atomic mass is 35.5. The molecule has 1 unspecified atom stereocenters. The molecule has 0 aliphatic heterocycles. The molecule has 2 aromatic rings. The summed E-state index contributed by atoms with van der Waals surface area (Å²) >= 11 is 7.39. The van der Waals surface area contributed by atoms with Gasteiger partial charge in [-0.15, -0.1) is 11.3 Å². The van der Waals surface area contributed by atoms with Crippen LogP contribution in [-0.4, -0.2) is 11.1 Å². The molecule has 0 amide bonds. The van der Waals surface area contributed by atoms with E-state index in [4.69, 9.17) is 16.7 Å². The summed E-state index contributed by atoms with van der Waals surface area (Å²) in [6.45, 7) is 0.618. The largest absolute Gasteiger partial charge is 0.481 e. The third-order valence-electron chi connectivity index (χ3n) is 2.73. The third kappa shape index (κ3) is 4.35. The van der Waals surface area contributed by atoms with Gasteiger partial charge in [0.05, 0.1) is 12.5 Å². The Hall–Kier alpha value is -1.36. The zero-order valence-corrected chi connectivity index (χ0v) is 11.7. The fourth-order valence-electron chi connectivity index (χ4n) is 1.78. The SMILES string of the molecule is O=C(O)CC(NCc1ccc(Cl)cc1)c1cccs1. The molecule has 2 N–H and O–H groups in total. The van der Waals surface area contributed by atoms with E-state index in [1.165, 1.54) is 0 Å². The summed E-state index contributed by atoms with van der Waals surface area (Å²) in [5.74, 6) is -0.804. The van der Waals surface area contributed by atoms with Gasteiger partial charge in [-0.05, 0) is 29.1 Å². The lowest BCUT2D eigenvalue weighted by Crippen LogP contribution is -2.22. The Morgan fingerprint density at radius 1 is 1.32 bits per heavy atom. The molecule has 2 rings (SSSR count). The molecule has 100 valence electrons. The highest BCUT2D eigenvalue weighted by molar-refractivity contribution is 7.10. The molecule has 19 heavy (non-hydrogen) atoms. The highest BCUT2D eigenvalue weighted by Gasteiger charge is 2.15. The smallest absolute Gasteiger partial charge is 0.305 e. The van der Waals surface area contributed by atoms with Crippen molar-refractivity contribution in [3.05, 3.63) is 57.2 Å². The molecular weight excluding hydrogens is 282 g/mol. The normalized spacial score (nSPS) is 12.3. The van der Waals surface area contributed by atoms with Crippen molar-refractivity contribution in [3.63, 3.8) is 0 Å². The van der Waals surface area contributed by atoms with Crippen LogP contribution in [0.2, 0.25) is 5.02 Å². The van der Waals surface area contributed by atoms with E-state index in [0.717, 1.165) is 10.4 Å². The number of nitrogens with one attached hydrogen (secondary N) is 1. The first-order chi connectivity index (χ1) is 9.15. The Morgan fingerprint density at radius 3 is 2.63 bits per heavy atom. The number of halogens is 1. The molecule has 0 bridgehead atoms. The van der Waals surface area contributed by atoms with Crippen molar-refractivity contribution in [3.8, 4) is 0 Å². The lowest BCUT2D eigenvalue weighted by molar-refractivity contribution is -0.137. The van der Waals surface area contributed by atoms with Gasteiger partial charge in [0.2, 0.25) is 0 Å². The van der Waals surface area contributed by atoms with Crippen molar-refractivity contribution in [1.29, 1.82) is 0 Å². The predicted molar refractivity (Wildman–Crippen MR) is 77.6 cm³/mol. The predicted octanol–water partition coefficient (Wildman–Crippen LogP) is 3.71. The van der Waals surface area contributed by atoms with Gasteiger partial charge < -0.3 is 10.4 Å². The average molecular weight is 296 g/mol. The number of hydrogen-bond acceptors (Lipinski definition) is 3. The summed E-state index contributed by atoms with van der Waals surface area (Å²) in [7, 11) is 0. The van der Waals surface area contributed by atoms with Crippen molar-refractivity contribution in [2.75, 3.05) is 0 Å². The topological polar surface area (TPSA) is 49.3 Å². The van der Waals surface area contributed by atoms with Crippen molar-refractivity contribution in [1.82, 2.24) is 5.32 Å². The Balaban J connectivity index is 2.00. The zero-order valence-electron chi connectivity index (χ0n) is 10.2. The molecule has 0 radical (unpaired) electrons. The number of carboxylic acids is 1. The second kappa shape index (κ2) is 6.70. The molecule has 0 aliphatic carbocycles. The van der Waals surface area contributed by atoms with Gasteiger partial charge in [-0.3, -0.25) is 4.79 Å². The number of thiophene rings is 1. The van der Waals surface area contributed by atoms with Crippen LogP contribution in [0.4, 0.5) is 0 Å². The van der Waals surface area contributed by atoms with Crippen LogP contribution in [0.3, 0.4) is 0 Å². The number of hydrogen-bond donors (Lipinski definition) is 2. The van der Waals surface area contributed by atoms with Crippen LogP contribution in [0.15, 0.2) is 41.8 Å². The molecule has 0 aliphatic rings. The molecule has 1 atom stereocenters. The summed E-state index contributed by atoms with van der Waals surface area (Å²) in [6, 6.07) is 11.2. The van der Waals surface area contributed by atoms with E-state index in [1.807, 2.05) is 41.8 Å². The average Bonchev–Trinajstić information content (AvgIpc) is 2.90. The van der Waals surface area contributed by atoms with Crippen molar-refractivity contribution >= 4 is 28.9 Å². The Bertz CT molecular complexity index is 525. The maximum absolute atomic E-state index is 10.9. The Labute approximate surface area is 120 Å². The second-order valence-corrected chi connectivity index (χ2v) is 5.59. The monoisotopic (exact) mass is 295 g/mol. The molecule has 1 heterocycles. The quantitative estimate of drug-likeness (QED) is 0.854. The molecule has 3 nitrogen and oxygen atoms in total. The van der Waals surface area contributed by atoms with E-state index < -0.39 is 5.97 Å². The molecule has 5 heteroatoms. The minimum absolute atomic E-state index is 0.0775. The van der Waals surface area contributed by atoms with Crippen molar-refractivity contribution in [2.45, 2.75) is 19.0 Å². The van der Waals surface area contributed by atoms with Crippen molar-refractivity contribution in [2.24, 2.45) is 0 Å². The molecule has 0 spiro atoms. The summed E-state index contributed by atoms with van der Waals surface area (Å²) in [5, 5.41) is 14.9. The van der Waals surface area contributed by atoms with E-state index in [9.17, 15) is 4.79 Å². The van der Waals surface area contributed by atoms with Crippen LogP contribution >= 0.6 is 22.9 Å². The lowest BCUT2D eigenvalue weighted by atomic mass is 10.1. The van der Waals surface area contributed by atoms with Crippen molar-refractivity contribution < 1.29 is 9.90 Å². The highest BCUT2D eigenvalue weighted by Crippen LogP contribution is 2.22. The number of carbonyl (C=O) groups is 1. The van der Waals surface area contributed by atoms with E-state index >= 15 is 0 Å². The van der Waals surface area contributed by atoms with E-state index in [2.05, 4.69) is 5.32 Å². The van der Waals surface area contributed by atoms with Gasteiger partial charge in [0.1, 0.15) is 0 Å². The first-order valence-corrected chi connectivity index (χ1v) is 7.14. The summed E-state index contributed by atoms with van der Waals surface area (Å²) in [5.41, 5.74) is 1.08. The van der Waals surface area contributed by atoms with Gasteiger partial charge >= 0.3 is 5.97 Å². The summed E-state index contributed by atoms with van der Waals surface area (Å²) in [6.07, 6.45) is 0.0775. The number of benzene rings is 1. The van der Waals surface area contributed by atoms with Gasteiger partial charge in [0.15, 0.2) is 0 Å². The van der Waals surface area contributed by atoms with Gasteiger partial charge in [0.25, 0.3) is 0 Å². The number of rotatable bonds is 6.